The average molecular weight is 400 g/mol. The Morgan fingerprint density at radius 2 is 2.03 bits per heavy atom. The molecular weight excluding hydrogens is 380 g/mol. The number of nitrogens with zero attached hydrogens (tertiary/aromatic N) is 4. The first-order valence-electron chi connectivity index (χ1n) is 9.55. The van der Waals surface area contributed by atoms with Crippen LogP contribution in [0, 0.1) is 25.2 Å². The Balaban J connectivity index is 1.86. The van der Waals surface area contributed by atoms with Crippen LogP contribution in [0.15, 0.2) is 47.0 Å². The van der Waals surface area contributed by atoms with Crippen molar-refractivity contribution in [3.63, 3.8) is 0 Å². The number of carbonyl (C=O) groups is 1. The van der Waals surface area contributed by atoms with Gasteiger partial charge in [0.15, 0.2) is 5.65 Å². The number of fused-ring (bicyclic) bond motifs is 1. The maximum atomic E-state index is 13.1. The molecule has 0 spiro atoms. The Morgan fingerprint density at radius 1 is 1.23 bits per heavy atom. The monoisotopic (exact) mass is 400 g/mol. The fourth-order valence-corrected chi connectivity index (χ4v) is 3.38. The van der Waals surface area contributed by atoms with Crippen LogP contribution in [0.4, 0.5) is 0 Å². The minimum Gasteiger partial charge on any atom is -0.466 e. The van der Waals surface area contributed by atoms with Crippen LogP contribution in [0.1, 0.15) is 47.3 Å². The van der Waals surface area contributed by atoms with Gasteiger partial charge in [0.2, 0.25) is 0 Å². The van der Waals surface area contributed by atoms with Crippen LogP contribution in [0.2, 0.25) is 0 Å². The molecule has 0 unspecified atom stereocenters. The van der Waals surface area contributed by atoms with E-state index in [4.69, 9.17) is 19.4 Å². The van der Waals surface area contributed by atoms with E-state index < -0.39 is 5.97 Å². The molecule has 3 heterocycles. The molecule has 7 nitrogen and oxygen atoms in total. The molecule has 0 aliphatic carbocycles. The van der Waals surface area contributed by atoms with Crippen molar-refractivity contribution in [2.45, 2.75) is 33.7 Å². The Hall–Kier alpha value is -3.92. The van der Waals surface area contributed by atoms with E-state index >= 15 is 0 Å². The van der Waals surface area contributed by atoms with Crippen LogP contribution in [-0.4, -0.2) is 20.7 Å². The Bertz CT molecular complexity index is 1310. The van der Waals surface area contributed by atoms with Gasteiger partial charge < -0.3 is 9.15 Å². The molecule has 4 aromatic rings. The van der Waals surface area contributed by atoms with Crippen molar-refractivity contribution in [2.75, 3.05) is 0 Å². The fourth-order valence-electron chi connectivity index (χ4n) is 3.38. The van der Waals surface area contributed by atoms with E-state index in [1.807, 2.05) is 39.8 Å². The van der Waals surface area contributed by atoms with Crippen molar-refractivity contribution < 1.29 is 13.9 Å². The number of nitriles is 1. The lowest BCUT2D eigenvalue weighted by Gasteiger charge is -2.10. The SMILES string of the molecule is Cc1cc(-c2cc(C(=O)Oc3cccc(C#N)c3)c3cnn(C(C)C)c3n2)c(C)o1. The molecule has 0 N–H and O–H groups in total. The van der Waals surface area contributed by atoms with E-state index in [0.717, 1.165) is 17.1 Å². The van der Waals surface area contributed by atoms with E-state index in [9.17, 15) is 4.79 Å². The molecule has 0 fully saturated rings. The summed E-state index contributed by atoms with van der Waals surface area (Å²) < 4.78 is 13.0. The van der Waals surface area contributed by atoms with Crippen LogP contribution in [0.25, 0.3) is 22.3 Å². The minimum absolute atomic E-state index is 0.0635. The minimum atomic E-state index is -0.542. The first-order valence-corrected chi connectivity index (χ1v) is 9.55. The molecule has 0 atom stereocenters. The summed E-state index contributed by atoms with van der Waals surface area (Å²) >= 11 is 0. The summed E-state index contributed by atoms with van der Waals surface area (Å²) in [4.78, 5) is 17.9. The van der Waals surface area contributed by atoms with Gasteiger partial charge in [-0.15, -0.1) is 0 Å². The summed E-state index contributed by atoms with van der Waals surface area (Å²) in [5.41, 5.74) is 2.78. The van der Waals surface area contributed by atoms with Crippen molar-refractivity contribution in [1.29, 1.82) is 5.26 Å². The van der Waals surface area contributed by atoms with Crippen LogP contribution in [-0.2, 0) is 0 Å². The second-order valence-electron chi connectivity index (χ2n) is 7.33. The number of rotatable bonds is 4. The molecule has 1 aromatic carbocycles. The van der Waals surface area contributed by atoms with Gasteiger partial charge in [-0.3, -0.25) is 0 Å². The number of esters is 1. The van der Waals surface area contributed by atoms with E-state index in [2.05, 4.69) is 5.10 Å². The second-order valence-corrected chi connectivity index (χ2v) is 7.33. The summed E-state index contributed by atoms with van der Waals surface area (Å²) in [5, 5.41) is 14.1. The zero-order chi connectivity index (χ0) is 21.4. The van der Waals surface area contributed by atoms with E-state index in [-0.39, 0.29) is 6.04 Å². The zero-order valence-corrected chi connectivity index (χ0v) is 17.1. The Morgan fingerprint density at radius 3 is 2.70 bits per heavy atom. The number of aromatic nitrogens is 3. The van der Waals surface area contributed by atoms with Gasteiger partial charge in [-0.2, -0.15) is 10.4 Å². The van der Waals surface area contributed by atoms with Crippen LogP contribution < -0.4 is 4.74 Å². The quantitative estimate of drug-likeness (QED) is 0.354. The van der Waals surface area contributed by atoms with Crippen LogP contribution in [0.5, 0.6) is 5.75 Å². The zero-order valence-electron chi connectivity index (χ0n) is 17.1. The predicted octanol–water partition coefficient (Wildman–Crippen LogP) is 4.98. The number of aryl methyl sites for hydroxylation is 2. The molecule has 30 heavy (non-hydrogen) atoms. The molecule has 0 saturated carbocycles. The number of pyridine rings is 1. The topological polar surface area (TPSA) is 93.9 Å². The number of carbonyl (C=O) groups excluding carboxylic acids is 1. The molecule has 0 saturated heterocycles. The summed E-state index contributed by atoms with van der Waals surface area (Å²) in [5.74, 6) is 1.24. The maximum Gasteiger partial charge on any atom is 0.344 e. The third kappa shape index (κ3) is 3.44. The summed E-state index contributed by atoms with van der Waals surface area (Å²) in [6.45, 7) is 7.73. The highest BCUT2D eigenvalue weighted by molar-refractivity contribution is 6.04. The van der Waals surface area contributed by atoms with Crippen molar-refractivity contribution in [2.24, 2.45) is 0 Å². The molecule has 3 aromatic heterocycles. The molecule has 0 amide bonds. The molecule has 0 aliphatic rings. The first kappa shape index (κ1) is 19.4. The van der Waals surface area contributed by atoms with Crippen LogP contribution >= 0.6 is 0 Å². The highest BCUT2D eigenvalue weighted by Crippen LogP contribution is 2.30. The molecule has 4 rings (SSSR count). The lowest BCUT2D eigenvalue weighted by molar-refractivity contribution is 0.0736. The van der Waals surface area contributed by atoms with Gasteiger partial charge in [-0.05, 0) is 58.0 Å². The van der Waals surface area contributed by atoms with Crippen molar-refractivity contribution >= 4 is 17.0 Å². The van der Waals surface area contributed by atoms with Crippen molar-refractivity contribution in [3.05, 3.63) is 65.2 Å². The first-order chi connectivity index (χ1) is 14.4. The average Bonchev–Trinajstić information content (AvgIpc) is 3.29. The number of hydrogen-bond acceptors (Lipinski definition) is 6. The highest BCUT2D eigenvalue weighted by atomic mass is 16.5. The van der Waals surface area contributed by atoms with Gasteiger partial charge in [0.25, 0.3) is 0 Å². The third-order valence-electron chi connectivity index (χ3n) is 4.77. The number of ether oxygens (including phenoxy) is 1. The van der Waals surface area contributed by atoms with Gasteiger partial charge >= 0.3 is 5.97 Å². The Labute approximate surface area is 173 Å². The van der Waals surface area contributed by atoms with E-state index in [1.165, 1.54) is 6.07 Å². The molecule has 0 bridgehead atoms. The van der Waals surface area contributed by atoms with Gasteiger partial charge in [-0.1, -0.05) is 6.07 Å². The lowest BCUT2D eigenvalue weighted by atomic mass is 10.1. The van der Waals surface area contributed by atoms with E-state index in [0.29, 0.717) is 33.6 Å². The normalized spacial score (nSPS) is 11.1. The van der Waals surface area contributed by atoms with Gasteiger partial charge in [0.1, 0.15) is 17.3 Å². The van der Waals surface area contributed by atoms with Gasteiger partial charge in [-0.25, -0.2) is 14.5 Å². The number of hydrogen-bond donors (Lipinski definition) is 0. The fraction of sp³-hybridized carbons (Fsp3) is 0.217. The van der Waals surface area contributed by atoms with Crippen LogP contribution in [0.3, 0.4) is 0 Å². The summed E-state index contributed by atoms with van der Waals surface area (Å²) in [6, 6.07) is 12.2. The summed E-state index contributed by atoms with van der Waals surface area (Å²) in [6.07, 6.45) is 1.63. The number of benzene rings is 1. The number of furan rings is 1. The third-order valence-corrected chi connectivity index (χ3v) is 4.77. The largest absolute Gasteiger partial charge is 0.466 e. The molecule has 0 aliphatic heterocycles. The second kappa shape index (κ2) is 7.48. The van der Waals surface area contributed by atoms with Crippen molar-refractivity contribution in [3.8, 4) is 23.1 Å². The van der Waals surface area contributed by atoms with Gasteiger partial charge in [0, 0.05) is 11.6 Å². The van der Waals surface area contributed by atoms with Crippen molar-refractivity contribution in [1.82, 2.24) is 14.8 Å². The van der Waals surface area contributed by atoms with E-state index in [1.54, 1.807) is 35.1 Å². The standard InChI is InChI=1S/C23H20N4O3/c1-13(2)27-22-20(12-25-27)19(10-21(26-22)18-8-14(3)29-15(18)4)23(28)30-17-7-5-6-16(9-17)11-24/h5-10,12-13H,1-4H3. The molecule has 0 radical (unpaired) electrons. The molecule has 150 valence electrons. The highest BCUT2D eigenvalue weighted by Gasteiger charge is 2.21. The maximum absolute atomic E-state index is 13.1. The smallest absolute Gasteiger partial charge is 0.344 e. The molecule has 7 heteroatoms. The Kier molecular flexibility index (Phi) is 4.84. The lowest BCUT2D eigenvalue weighted by Crippen LogP contribution is -2.11. The molecular formula is C23H20N4O3. The van der Waals surface area contributed by atoms with Gasteiger partial charge in [0.05, 0.1) is 34.5 Å². The summed E-state index contributed by atoms with van der Waals surface area (Å²) in [7, 11) is 0. The predicted molar refractivity (Wildman–Crippen MR) is 111 cm³/mol.